The molecule has 0 bridgehead atoms. The van der Waals surface area contributed by atoms with Gasteiger partial charge in [0.15, 0.2) is 0 Å². The minimum absolute atomic E-state index is 0.0321. The van der Waals surface area contributed by atoms with Crippen molar-refractivity contribution in [3.63, 3.8) is 0 Å². The minimum atomic E-state index is -0.977. The second-order valence-corrected chi connectivity index (χ2v) is 6.62. The zero-order chi connectivity index (χ0) is 18.4. The van der Waals surface area contributed by atoms with E-state index in [2.05, 4.69) is 10.2 Å². The third kappa shape index (κ3) is 5.56. The van der Waals surface area contributed by atoms with Crippen molar-refractivity contribution in [1.82, 2.24) is 15.1 Å². The van der Waals surface area contributed by atoms with Gasteiger partial charge in [-0.1, -0.05) is 12.1 Å². The maximum absolute atomic E-state index is 12.3. The van der Waals surface area contributed by atoms with Crippen LogP contribution in [0.1, 0.15) is 28.8 Å². The normalized spacial score (nSPS) is 17.2. The van der Waals surface area contributed by atoms with Crippen LogP contribution in [0.3, 0.4) is 0 Å². The molecule has 0 aliphatic carbocycles. The van der Waals surface area contributed by atoms with Crippen LogP contribution >= 0.6 is 0 Å². The van der Waals surface area contributed by atoms with Gasteiger partial charge in [0, 0.05) is 26.1 Å². The Morgan fingerprint density at radius 2 is 1.96 bits per heavy atom. The first-order valence-corrected chi connectivity index (χ1v) is 8.39. The molecule has 0 radical (unpaired) electrons. The summed E-state index contributed by atoms with van der Waals surface area (Å²) >= 11 is 0. The Labute approximate surface area is 147 Å². The van der Waals surface area contributed by atoms with E-state index in [1.54, 1.807) is 17.0 Å². The predicted octanol–water partition coefficient (Wildman–Crippen LogP) is 0.801. The molecule has 1 heterocycles. The van der Waals surface area contributed by atoms with Gasteiger partial charge in [-0.2, -0.15) is 0 Å². The number of aromatic carboxylic acids is 1. The van der Waals surface area contributed by atoms with Crippen molar-refractivity contribution >= 4 is 17.8 Å². The van der Waals surface area contributed by atoms with Gasteiger partial charge in [-0.25, -0.2) is 4.79 Å². The summed E-state index contributed by atoms with van der Waals surface area (Å²) in [7, 11) is 3.98. The number of rotatable bonds is 8. The van der Waals surface area contributed by atoms with E-state index >= 15 is 0 Å². The van der Waals surface area contributed by atoms with E-state index in [-0.39, 0.29) is 29.7 Å². The van der Waals surface area contributed by atoms with Crippen molar-refractivity contribution in [1.29, 1.82) is 0 Å². The number of likely N-dealkylation sites (tertiary alicyclic amines) is 1. The third-order valence-electron chi connectivity index (χ3n) is 4.29. The minimum Gasteiger partial charge on any atom is -0.478 e. The standard InChI is InChI=1S/C18H25N3O4/c1-20(2)8-3-9-21-12-15(10-16(21)22)17(23)19-11-13-4-6-14(7-5-13)18(24)25/h4-7,15H,3,8-12H2,1-2H3,(H,19,23)(H,24,25). The maximum Gasteiger partial charge on any atom is 0.335 e. The number of amides is 2. The molecule has 1 aliphatic heterocycles. The van der Waals surface area contributed by atoms with E-state index in [0.717, 1.165) is 18.5 Å². The quantitative estimate of drug-likeness (QED) is 0.726. The summed E-state index contributed by atoms with van der Waals surface area (Å²) in [5, 5.41) is 11.7. The van der Waals surface area contributed by atoms with Gasteiger partial charge >= 0.3 is 5.97 Å². The largest absolute Gasteiger partial charge is 0.478 e. The SMILES string of the molecule is CN(C)CCCN1CC(C(=O)NCc2ccc(C(=O)O)cc2)CC1=O. The first-order valence-electron chi connectivity index (χ1n) is 8.39. The molecule has 0 saturated carbocycles. The molecule has 1 unspecified atom stereocenters. The number of carbonyl (C=O) groups is 3. The molecule has 0 aromatic heterocycles. The summed E-state index contributed by atoms with van der Waals surface area (Å²) in [6.45, 7) is 2.38. The van der Waals surface area contributed by atoms with Crippen LogP contribution < -0.4 is 5.32 Å². The van der Waals surface area contributed by atoms with Gasteiger partial charge in [-0.15, -0.1) is 0 Å². The molecule has 1 atom stereocenters. The number of hydrogen-bond donors (Lipinski definition) is 2. The van der Waals surface area contributed by atoms with Gasteiger partial charge in [0.25, 0.3) is 0 Å². The molecule has 7 heteroatoms. The van der Waals surface area contributed by atoms with Gasteiger partial charge in [0.2, 0.25) is 11.8 Å². The average molecular weight is 347 g/mol. The molecule has 7 nitrogen and oxygen atoms in total. The van der Waals surface area contributed by atoms with Gasteiger partial charge in [-0.3, -0.25) is 9.59 Å². The van der Waals surface area contributed by atoms with Crippen molar-refractivity contribution in [3.05, 3.63) is 35.4 Å². The van der Waals surface area contributed by atoms with E-state index in [4.69, 9.17) is 5.11 Å². The summed E-state index contributed by atoms with van der Waals surface area (Å²) in [6, 6.07) is 6.37. The van der Waals surface area contributed by atoms with Crippen LogP contribution in [-0.4, -0.2) is 66.4 Å². The number of nitrogens with zero attached hydrogens (tertiary/aromatic N) is 2. The Morgan fingerprint density at radius 3 is 2.56 bits per heavy atom. The molecule has 2 N–H and O–H groups in total. The van der Waals surface area contributed by atoms with Gasteiger partial charge in [-0.05, 0) is 44.8 Å². The smallest absolute Gasteiger partial charge is 0.335 e. The Hall–Kier alpha value is -2.41. The van der Waals surface area contributed by atoms with Crippen LogP contribution in [0, 0.1) is 5.92 Å². The lowest BCUT2D eigenvalue weighted by Gasteiger charge is -2.18. The second kappa shape index (κ2) is 8.62. The lowest BCUT2D eigenvalue weighted by atomic mass is 10.1. The molecule has 136 valence electrons. The zero-order valence-corrected chi connectivity index (χ0v) is 14.7. The van der Waals surface area contributed by atoms with E-state index in [1.807, 2.05) is 14.1 Å². The van der Waals surface area contributed by atoms with E-state index in [9.17, 15) is 14.4 Å². The molecule has 2 rings (SSSR count). The highest BCUT2D eigenvalue weighted by molar-refractivity contribution is 5.89. The van der Waals surface area contributed by atoms with Crippen molar-refractivity contribution in [2.24, 2.45) is 5.92 Å². The van der Waals surface area contributed by atoms with Crippen LogP contribution in [0.4, 0.5) is 0 Å². The Kier molecular flexibility index (Phi) is 6.52. The number of carbonyl (C=O) groups excluding carboxylic acids is 2. The monoisotopic (exact) mass is 347 g/mol. The van der Waals surface area contributed by atoms with Crippen molar-refractivity contribution < 1.29 is 19.5 Å². The van der Waals surface area contributed by atoms with Gasteiger partial charge < -0.3 is 20.2 Å². The first kappa shape index (κ1) is 18.9. The molecule has 1 saturated heterocycles. The topological polar surface area (TPSA) is 89.9 Å². The average Bonchev–Trinajstić information content (AvgIpc) is 2.94. The van der Waals surface area contributed by atoms with E-state index in [1.165, 1.54) is 12.1 Å². The predicted molar refractivity (Wildman–Crippen MR) is 93.1 cm³/mol. The zero-order valence-electron chi connectivity index (χ0n) is 14.7. The summed E-state index contributed by atoms with van der Waals surface area (Å²) < 4.78 is 0. The number of benzene rings is 1. The summed E-state index contributed by atoms with van der Waals surface area (Å²) in [4.78, 5) is 38.9. The highest BCUT2D eigenvalue weighted by Crippen LogP contribution is 2.18. The second-order valence-electron chi connectivity index (χ2n) is 6.62. The Morgan fingerprint density at radius 1 is 1.28 bits per heavy atom. The lowest BCUT2D eigenvalue weighted by Crippen LogP contribution is -2.33. The van der Waals surface area contributed by atoms with Crippen molar-refractivity contribution in [3.8, 4) is 0 Å². The van der Waals surface area contributed by atoms with Crippen LogP contribution in [0.2, 0.25) is 0 Å². The fraction of sp³-hybridized carbons (Fsp3) is 0.500. The Bertz CT molecular complexity index is 628. The number of carboxylic acids is 1. The molecule has 2 amide bonds. The molecule has 1 fully saturated rings. The first-order chi connectivity index (χ1) is 11.9. The maximum atomic E-state index is 12.3. The molecule has 0 spiro atoms. The van der Waals surface area contributed by atoms with Crippen LogP contribution in [-0.2, 0) is 16.1 Å². The van der Waals surface area contributed by atoms with E-state index < -0.39 is 5.97 Å². The summed E-state index contributed by atoms with van der Waals surface area (Å²) in [5.74, 6) is -1.39. The van der Waals surface area contributed by atoms with Gasteiger partial charge in [0.1, 0.15) is 0 Å². The van der Waals surface area contributed by atoms with Crippen LogP contribution in [0.5, 0.6) is 0 Å². The number of hydrogen-bond acceptors (Lipinski definition) is 4. The lowest BCUT2D eigenvalue weighted by molar-refractivity contribution is -0.129. The van der Waals surface area contributed by atoms with Crippen molar-refractivity contribution in [2.75, 3.05) is 33.7 Å². The fourth-order valence-corrected chi connectivity index (χ4v) is 2.84. The highest BCUT2D eigenvalue weighted by Gasteiger charge is 2.33. The summed E-state index contributed by atoms with van der Waals surface area (Å²) in [5.41, 5.74) is 1.04. The van der Waals surface area contributed by atoms with E-state index in [0.29, 0.717) is 19.6 Å². The third-order valence-corrected chi connectivity index (χ3v) is 4.29. The molecular weight excluding hydrogens is 322 g/mol. The molecule has 1 aliphatic rings. The number of carboxylic acid groups (broad SMARTS) is 1. The van der Waals surface area contributed by atoms with Gasteiger partial charge in [0.05, 0.1) is 11.5 Å². The Balaban J connectivity index is 1.79. The highest BCUT2D eigenvalue weighted by atomic mass is 16.4. The van der Waals surface area contributed by atoms with Crippen LogP contribution in [0.25, 0.3) is 0 Å². The molecule has 1 aromatic rings. The number of nitrogens with one attached hydrogen (secondary N) is 1. The molecule has 25 heavy (non-hydrogen) atoms. The molecular formula is C18H25N3O4. The summed E-state index contributed by atoms with van der Waals surface area (Å²) in [6.07, 6.45) is 1.15. The van der Waals surface area contributed by atoms with Crippen molar-refractivity contribution in [2.45, 2.75) is 19.4 Å². The van der Waals surface area contributed by atoms with Crippen LogP contribution in [0.15, 0.2) is 24.3 Å². The molecule has 1 aromatic carbocycles. The fourth-order valence-electron chi connectivity index (χ4n) is 2.84.